The smallest absolute Gasteiger partial charge is 0.222 e. The van der Waals surface area contributed by atoms with Crippen molar-refractivity contribution < 1.29 is 60.3 Å². The molecule has 12 fully saturated rings. The molecule has 12 saturated carbocycles. The molecule has 0 radical (unpaired) electrons. The molecule has 12 aliphatic carbocycles. The number of rotatable bonds is 21. The van der Waals surface area contributed by atoms with Gasteiger partial charge in [0.25, 0.3) is 0 Å². The molecule has 0 aliphatic heterocycles. The molecular formula is C79H133N3O12. The quantitative estimate of drug-likeness (QED) is 0.0480. The van der Waals surface area contributed by atoms with Crippen molar-refractivity contribution in [3.8, 4) is 0 Å². The van der Waals surface area contributed by atoms with Crippen LogP contribution in [0.4, 0.5) is 0 Å². The van der Waals surface area contributed by atoms with Gasteiger partial charge >= 0.3 is 0 Å². The Balaban J connectivity index is 0.628. The van der Waals surface area contributed by atoms with Gasteiger partial charge in [0.15, 0.2) is 0 Å². The number of amides is 3. The maximum atomic E-state index is 14.6. The number of fused-ring (bicyclic) bond motifs is 15. The number of hydrogen-bond donors (Lipinski definition) is 11. The third-order valence-corrected chi connectivity index (χ3v) is 33.5. The van der Waals surface area contributed by atoms with Gasteiger partial charge in [-0.25, -0.2) is 0 Å². The molecule has 15 nitrogen and oxygen atoms in total. The highest BCUT2D eigenvalue weighted by molar-refractivity contribution is 5.77. The minimum atomic E-state index is -0.493. The Kier molecular flexibility index (Phi) is 21.2. The number of nitrogens with one attached hydrogen (secondary N) is 2. The molecule has 0 aromatic heterocycles. The van der Waals surface area contributed by atoms with Gasteiger partial charge in [-0.3, -0.25) is 14.4 Å². The van der Waals surface area contributed by atoms with Gasteiger partial charge in [0.05, 0.1) is 54.9 Å². The Morgan fingerprint density at radius 1 is 0.394 bits per heavy atom. The summed E-state index contributed by atoms with van der Waals surface area (Å²) >= 11 is 0. The van der Waals surface area contributed by atoms with E-state index in [4.69, 9.17) is 0 Å². The molecule has 0 aromatic rings. The summed E-state index contributed by atoms with van der Waals surface area (Å²) in [5, 5.41) is 110. The molecule has 15 heteroatoms. The predicted molar refractivity (Wildman–Crippen MR) is 364 cm³/mol. The fourth-order valence-electron chi connectivity index (χ4n) is 27.9. The maximum absolute atomic E-state index is 14.6. The number of carbonyl (C=O) groups excluding carboxylic acids is 3. The van der Waals surface area contributed by atoms with Crippen LogP contribution >= 0.6 is 0 Å². The van der Waals surface area contributed by atoms with E-state index in [-0.39, 0.29) is 175 Å². The fraction of sp³-hybridized carbons (Fsp3) is 0.962. The summed E-state index contributed by atoms with van der Waals surface area (Å²) in [7, 11) is 0. The Bertz CT molecular complexity index is 2650. The molecule has 0 spiro atoms. The van der Waals surface area contributed by atoms with Crippen LogP contribution in [0.5, 0.6) is 0 Å². The van der Waals surface area contributed by atoms with Crippen molar-refractivity contribution in [1.29, 1.82) is 0 Å². The van der Waals surface area contributed by atoms with Crippen LogP contribution in [0.25, 0.3) is 0 Å². The lowest BCUT2D eigenvalue weighted by Gasteiger charge is -2.63. The summed E-state index contributed by atoms with van der Waals surface area (Å²) in [6.07, 6.45) is 19.4. The first-order chi connectivity index (χ1) is 44.5. The van der Waals surface area contributed by atoms with E-state index in [0.717, 1.165) is 122 Å². The van der Waals surface area contributed by atoms with E-state index in [9.17, 15) is 60.3 Å². The van der Waals surface area contributed by atoms with Crippen LogP contribution < -0.4 is 10.6 Å². The normalized spacial score (nSPS) is 50.1. The summed E-state index contributed by atoms with van der Waals surface area (Å²) in [5.74, 6) is 4.13. The van der Waals surface area contributed by atoms with Crippen LogP contribution in [0.2, 0.25) is 0 Å². The van der Waals surface area contributed by atoms with Gasteiger partial charge in [0.1, 0.15) is 0 Å². The van der Waals surface area contributed by atoms with Crippen molar-refractivity contribution in [2.45, 2.75) is 310 Å². The van der Waals surface area contributed by atoms with Gasteiger partial charge in [-0.05, 0) is 312 Å². The lowest BCUT2D eigenvalue weighted by Crippen LogP contribution is -2.62. The van der Waals surface area contributed by atoms with Crippen LogP contribution in [0, 0.1) is 139 Å². The Hall–Kier alpha value is -1.95. The number of carbonyl (C=O) groups is 3. The molecule has 536 valence electrons. The number of hydrogen-bond acceptors (Lipinski definition) is 12. The highest BCUT2D eigenvalue weighted by Crippen LogP contribution is 2.72. The zero-order chi connectivity index (χ0) is 67.4. The molecule has 33 atom stereocenters. The minimum Gasteiger partial charge on any atom is -0.393 e. The van der Waals surface area contributed by atoms with E-state index < -0.39 is 36.6 Å². The molecule has 0 unspecified atom stereocenters. The lowest BCUT2D eigenvalue weighted by molar-refractivity contribution is -0.207. The lowest BCUT2D eigenvalue weighted by atomic mass is 9.43. The Morgan fingerprint density at radius 2 is 0.713 bits per heavy atom. The fourth-order valence-corrected chi connectivity index (χ4v) is 27.9. The van der Waals surface area contributed by atoms with E-state index in [1.54, 1.807) is 0 Å². The third kappa shape index (κ3) is 12.5. The Labute approximate surface area is 566 Å². The summed E-state index contributed by atoms with van der Waals surface area (Å²) in [4.78, 5) is 43.8. The molecule has 0 aromatic carbocycles. The van der Waals surface area contributed by atoms with Crippen molar-refractivity contribution in [2.24, 2.45) is 139 Å². The molecule has 3 amide bonds. The zero-order valence-electron chi connectivity index (χ0n) is 59.8. The van der Waals surface area contributed by atoms with Gasteiger partial charge in [-0.1, -0.05) is 62.3 Å². The highest BCUT2D eigenvalue weighted by atomic mass is 16.3. The summed E-state index contributed by atoms with van der Waals surface area (Å²) in [6, 6.07) is 0. The standard InChI is InChI=1S/C79H133N3O12/c1-44(53-16-19-56-71-59(41-65(89)77(53,56)7)74(4)28-25-50(83)35-47(74)38-62(71)86)13-22-68(92)80-31-10-11-33-82(70(94)24-15-46(3)55-18-21-58-73-61(43-67(91)79(55,58)9)76(6)30-27-52(85)37-49(76)40-64(73)88)34-12-32-81-69(93)23-14-45(2)54-17-20-57-72-60(42-66(90)78(54,57)8)75(5)29-26-51(84)36-48(75)39-63(72)87/h44-67,71-73,83-91H,10-43H2,1-9H3,(H,80,92)(H,81,93)/t44-,45-,46-,47+,48+,49+,50-,51-,52-,53-,54-,55-,56+,57+,58+,59+,60+,61+,62-,63-,64-,65+,66+,67+,71+,72+,73+,74+,75+,76+,77-,78-,79-/m1/s1. The van der Waals surface area contributed by atoms with Crippen LogP contribution in [0.3, 0.4) is 0 Å². The van der Waals surface area contributed by atoms with E-state index in [0.29, 0.717) is 96.8 Å². The van der Waals surface area contributed by atoms with Crippen molar-refractivity contribution >= 4 is 17.7 Å². The molecule has 11 N–H and O–H groups in total. The molecular weight excluding hydrogens is 1180 g/mol. The number of unbranched alkanes of at least 4 members (excludes halogenated alkanes) is 1. The van der Waals surface area contributed by atoms with Crippen molar-refractivity contribution in [2.75, 3.05) is 26.2 Å². The average Bonchev–Trinajstić information content (AvgIpc) is 1.27. The van der Waals surface area contributed by atoms with Crippen molar-refractivity contribution in [3.63, 3.8) is 0 Å². The molecule has 0 heterocycles. The van der Waals surface area contributed by atoms with E-state index in [1.165, 1.54) is 0 Å². The SMILES string of the molecule is C[C@H](CCC(=O)NCCCCN(CCCNC(=O)CC[C@@H](C)[C@H]1CC[C@H]2[C@@H]3[C@H](O)C[C@@H]4C[C@H](O)CC[C@]4(C)[C@H]3C[C@H](O)[C@]12C)C(=O)CC[C@@H](C)[C@H]1CC[C@H]2[C@@H]3[C@H](O)C[C@@H]4C[C@H](O)CC[C@]4(C)[C@H]3C[C@H](O)[C@]12C)[C@H]1CC[C@H]2[C@@H]3[C@H](O)C[C@@H]4C[C@H](O)CC[C@]4(C)[C@H]3C[C@H](O)[C@]12C. The topological polar surface area (TPSA) is 261 Å². The van der Waals surface area contributed by atoms with E-state index in [1.807, 2.05) is 4.90 Å². The van der Waals surface area contributed by atoms with Crippen LogP contribution in [-0.4, -0.2) is 150 Å². The Morgan fingerprint density at radius 3 is 1.06 bits per heavy atom. The molecule has 94 heavy (non-hydrogen) atoms. The molecule has 12 aliphatic rings. The second-order valence-electron chi connectivity index (χ2n) is 37.3. The van der Waals surface area contributed by atoms with Crippen LogP contribution in [-0.2, 0) is 14.4 Å². The number of nitrogens with zero attached hydrogens (tertiary/aromatic N) is 1. The van der Waals surface area contributed by atoms with Crippen molar-refractivity contribution in [1.82, 2.24) is 15.5 Å². The molecule has 0 bridgehead atoms. The average molecular weight is 1320 g/mol. The predicted octanol–water partition coefficient (Wildman–Crippen LogP) is 10.4. The minimum absolute atomic E-state index is 0.000612. The molecule has 12 rings (SSSR count). The first-order valence-electron chi connectivity index (χ1n) is 39.4. The molecule has 0 saturated heterocycles. The van der Waals surface area contributed by atoms with Gasteiger partial charge in [0, 0.05) is 45.4 Å². The summed E-state index contributed by atoms with van der Waals surface area (Å²) < 4.78 is 0. The zero-order valence-corrected chi connectivity index (χ0v) is 59.8. The number of aliphatic hydroxyl groups excluding tert-OH is 9. The van der Waals surface area contributed by atoms with Crippen molar-refractivity contribution in [3.05, 3.63) is 0 Å². The summed E-state index contributed by atoms with van der Waals surface area (Å²) in [5.41, 5.74) is -0.950. The van der Waals surface area contributed by atoms with Crippen LogP contribution in [0.1, 0.15) is 255 Å². The van der Waals surface area contributed by atoms with Gasteiger partial charge in [0.2, 0.25) is 17.7 Å². The maximum Gasteiger partial charge on any atom is 0.222 e. The van der Waals surface area contributed by atoms with Gasteiger partial charge in [-0.15, -0.1) is 0 Å². The van der Waals surface area contributed by atoms with E-state index in [2.05, 4.69) is 72.9 Å². The monoisotopic (exact) mass is 1320 g/mol. The number of aliphatic hydroxyl groups is 9. The first kappa shape index (κ1) is 71.9. The largest absolute Gasteiger partial charge is 0.393 e. The second-order valence-corrected chi connectivity index (χ2v) is 37.3. The summed E-state index contributed by atoms with van der Waals surface area (Å²) in [6.45, 7) is 22.7. The van der Waals surface area contributed by atoms with Gasteiger partial charge < -0.3 is 61.5 Å². The van der Waals surface area contributed by atoms with E-state index >= 15 is 0 Å². The third-order valence-electron chi connectivity index (χ3n) is 33.5. The second kappa shape index (κ2) is 27.8. The highest BCUT2D eigenvalue weighted by Gasteiger charge is 2.69. The van der Waals surface area contributed by atoms with Gasteiger partial charge in [-0.2, -0.15) is 0 Å². The van der Waals surface area contributed by atoms with Crippen LogP contribution in [0.15, 0.2) is 0 Å². The first-order valence-corrected chi connectivity index (χ1v) is 39.4.